The number of alkyl halides is 2. The van der Waals surface area contributed by atoms with E-state index in [-0.39, 0.29) is 44.8 Å². The number of ether oxygens (including phenoxy) is 1. The Kier molecular flexibility index (Phi) is 9.49. The van der Waals surface area contributed by atoms with Crippen molar-refractivity contribution in [2.24, 2.45) is 5.92 Å². The molecule has 50 heavy (non-hydrogen) atoms. The van der Waals surface area contributed by atoms with Crippen LogP contribution in [-0.4, -0.2) is 96.7 Å². The molecular weight excluding hydrogens is 653 g/mol. The van der Waals surface area contributed by atoms with Crippen molar-refractivity contribution in [1.29, 1.82) is 0 Å². The third kappa shape index (κ3) is 7.10. The Bertz CT molecular complexity index is 1920. The number of imidazole rings is 1. The molecule has 3 N–H and O–H groups in total. The van der Waals surface area contributed by atoms with E-state index in [4.69, 9.17) is 9.72 Å². The normalized spacial score (nSPS) is 21.8. The predicted octanol–water partition coefficient (Wildman–Crippen LogP) is 6.44. The molecule has 3 amide bonds. The fourth-order valence-electron chi connectivity index (χ4n) is 7.24. The van der Waals surface area contributed by atoms with Gasteiger partial charge in [0.1, 0.15) is 29.8 Å². The Morgan fingerprint density at radius 2 is 1.72 bits per heavy atom. The smallest absolute Gasteiger partial charge is 0.408 e. The molecule has 6 rings (SSSR count). The molecule has 2 fully saturated rings. The number of hydrogen-bond donors (Lipinski definition) is 3. The number of fused-ring (bicyclic) bond motifs is 2. The molecule has 4 heterocycles. The van der Waals surface area contributed by atoms with Crippen molar-refractivity contribution in [2.45, 2.75) is 96.5 Å². The molecule has 1 unspecified atom stereocenters. The molecule has 4 aromatic rings. The standard InChI is InChI=1S/C36H43F3N6O5/c1-19(2)30(42-34(47)50-36(3,4)5)33(46)43-16-22(39)13-24(43)18-45-29-11-10-20(37)14-28(29)41-32(45)31-26(25-8-6-7-9-27(25)40-31)15-23-12-21(38)17-44(23)35(48)49/h6-11,14,19,21-24,30,40H,12-13,15-18H2,1-5H3,(H,42,47)(H,48,49)/t21-,22-,23-,24-,30?/m0/s1. The fraction of sp³-hybridized carbons (Fsp3) is 0.500. The van der Waals surface area contributed by atoms with Gasteiger partial charge in [-0.2, -0.15) is 0 Å². The maximum atomic E-state index is 15.2. The summed E-state index contributed by atoms with van der Waals surface area (Å²) in [6, 6.07) is 9.37. The average Bonchev–Trinajstić information content (AvgIpc) is 3.78. The van der Waals surface area contributed by atoms with Crippen molar-refractivity contribution in [3.8, 4) is 11.5 Å². The summed E-state index contributed by atoms with van der Waals surface area (Å²) in [6.07, 6.45) is -4.32. The summed E-state index contributed by atoms with van der Waals surface area (Å²) in [5.74, 6) is -0.900. The number of carboxylic acid groups (broad SMARTS) is 1. The predicted molar refractivity (Wildman–Crippen MR) is 182 cm³/mol. The van der Waals surface area contributed by atoms with Gasteiger partial charge in [-0.15, -0.1) is 0 Å². The van der Waals surface area contributed by atoms with Gasteiger partial charge in [0.05, 0.1) is 35.9 Å². The number of amides is 3. The van der Waals surface area contributed by atoms with Gasteiger partial charge in [-0.05, 0) is 56.9 Å². The van der Waals surface area contributed by atoms with Crippen molar-refractivity contribution in [1.82, 2.24) is 29.7 Å². The van der Waals surface area contributed by atoms with Gasteiger partial charge in [-0.25, -0.2) is 27.7 Å². The Balaban J connectivity index is 1.40. The number of carbonyl (C=O) groups excluding carboxylic acids is 2. The van der Waals surface area contributed by atoms with E-state index in [1.165, 1.54) is 17.0 Å². The van der Waals surface area contributed by atoms with Crippen LogP contribution in [0.3, 0.4) is 0 Å². The van der Waals surface area contributed by atoms with E-state index in [2.05, 4.69) is 10.3 Å². The number of carbonyl (C=O) groups is 3. The molecule has 5 atom stereocenters. The van der Waals surface area contributed by atoms with Crippen LogP contribution in [-0.2, 0) is 22.5 Å². The van der Waals surface area contributed by atoms with Crippen molar-refractivity contribution >= 4 is 40.0 Å². The van der Waals surface area contributed by atoms with E-state index in [1.54, 1.807) is 40.7 Å². The Morgan fingerprint density at radius 3 is 2.40 bits per heavy atom. The number of alkyl carbamates (subject to hydrolysis) is 1. The summed E-state index contributed by atoms with van der Waals surface area (Å²) >= 11 is 0. The molecule has 0 saturated carbocycles. The monoisotopic (exact) mass is 696 g/mol. The number of H-pyrrole nitrogens is 1. The van der Waals surface area contributed by atoms with E-state index >= 15 is 4.39 Å². The molecule has 2 aromatic carbocycles. The second-order valence-electron chi connectivity index (χ2n) is 14.7. The van der Waals surface area contributed by atoms with Crippen LogP contribution in [0.1, 0.15) is 53.0 Å². The molecular formula is C36H43F3N6O5. The van der Waals surface area contributed by atoms with Crippen molar-refractivity contribution in [2.75, 3.05) is 13.1 Å². The largest absolute Gasteiger partial charge is 0.465 e. The SMILES string of the molecule is CC(C)C(NC(=O)OC(C)(C)C)C(=O)N1C[C@@H](F)C[C@H]1Cn1c(-c2[nH]c3ccccc3c2C[C@@H]2C[C@H](F)CN2C(=O)O)nc2cc(F)ccc21. The van der Waals surface area contributed by atoms with Crippen molar-refractivity contribution in [3.05, 3.63) is 53.8 Å². The fourth-order valence-corrected chi connectivity index (χ4v) is 7.24. The average molecular weight is 697 g/mol. The molecule has 0 bridgehead atoms. The second-order valence-corrected chi connectivity index (χ2v) is 14.7. The van der Waals surface area contributed by atoms with E-state index in [0.29, 0.717) is 28.1 Å². The highest BCUT2D eigenvalue weighted by molar-refractivity contribution is 5.92. The highest BCUT2D eigenvalue weighted by Gasteiger charge is 2.41. The van der Waals surface area contributed by atoms with Gasteiger partial charge < -0.3 is 34.5 Å². The van der Waals surface area contributed by atoms with E-state index in [0.717, 1.165) is 15.8 Å². The van der Waals surface area contributed by atoms with Gasteiger partial charge in [0, 0.05) is 42.4 Å². The third-order valence-electron chi connectivity index (χ3n) is 9.44. The molecule has 11 nitrogen and oxygen atoms in total. The first-order chi connectivity index (χ1) is 23.6. The van der Waals surface area contributed by atoms with Crippen LogP contribution in [0.25, 0.3) is 33.5 Å². The van der Waals surface area contributed by atoms with Crippen LogP contribution < -0.4 is 5.32 Å². The lowest BCUT2D eigenvalue weighted by Gasteiger charge is -2.32. The Labute approximate surface area is 287 Å². The summed E-state index contributed by atoms with van der Waals surface area (Å²) in [4.78, 5) is 49.6. The molecule has 0 radical (unpaired) electrons. The Hall–Kier alpha value is -4.75. The number of likely N-dealkylation sites (tertiary alicyclic amines) is 2. The van der Waals surface area contributed by atoms with Crippen LogP contribution >= 0.6 is 0 Å². The molecule has 0 spiro atoms. The van der Waals surface area contributed by atoms with E-state index in [9.17, 15) is 28.3 Å². The minimum absolute atomic E-state index is 0.0242. The number of aromatic amines is 1. The first-order valence-electron chi connectivity index (χ1n) is 16.9. The molecule has 2 aromatic heterocycles. The van der Waals surface area contributed by atoms with Crippen LogP contribution in [0.15, 0.2) is 42.5 Å². The summed E-state index contributed by atoms with van der Waals surface area (Å²) in [5.41, 5.74) is 2.09. The first-order valence-corrected chi connectivity index (χ1v) is 16.9. The third-order valence-corrected chi connectivity index (χ3v) is 9.44. The van der Waals surface area contributed by atoms with Crippen molar-refractivity contribution in [3.63, 3.8) is 0 Å². The number of halogens is 3. The zero-order valence-electron chi connectivity index (χ0n) is 28.8. The van der Waals surface area contributed by atoms with Crippen molar-refractivity contribution < 1.29 is 37.4 Å². The molecule has 268 valence electrons. The van der Waals surface area contributed by atoms with Gasteiger partial charge in [-0.3, -0.25) is 4.79 Å². The quantitative estimate of drug-likeness (QED) is 0.194. The highest BCUT2D eigenvalue weighted by Crippen LogP contribution is 2.37. The number of aromatic nitrogens is 3. The molecule has 2 aliphatic rings. The lowest BCUT2D eigenvalue weighted by atomic mass is 10.00. The van der Waals surface area contributed by atoms with Crippen LogP contribution in [0.2, 0.25) is 0 Å². The van der Waals surface area contributed by atoms with Crippen LogP contribution in [0, 0.1) is 11.7 Å². The van der Waals surface area contributed by atoms with Crippen LogP contribution in [0.4, 0.5) is 22.8 Å². The summed E-state index contributed by atoms with van der Waals surface area (Å²) in [6.45, 7) is 8.42. The minimum atomic E-state index is -1.32. The number of hydrogen-bond acceptors (Lipinski definition) is 5. The lowest BCUT2D eigenvalue weighted by molar-refractivity contribution is -0.135. The topological polar surface area (TPSA) is 133 Å². The molecule has 2 aliphatic heterocycles. The number of nitrogens with one attached hydrogen (secondary N) is 2. The summed E-state index contributed by atoms with van der Waals surface area (Å²) in [7, 11) is 0. The first kappa shape index (κ1) is 35.1. The Morgan fingerprint density at radius 1 is 1.04 bits per heavy atom. The second kappa shape index (κ2) is 13.5. The summed E-state index contributed by atoms with van der Waals surface area (Å²) < 4.78 is 51.6. The van der Waals surface area contributed by atoms with Gasteiger partial charge in [0.15, 0.2) is 5.82 Å². The zero-order chi connectivity index (χ0) is 36.1. The number of rotatable bonds is 8. The van der Waals surface area contributed by atoms with Gasteiger partial charge in [0.25, 0.3) is 0 Å². The zero-order valence-corrected chi connectivity index (χ0v) is 28.8. The lowest BCUT2D eigenvalue weighted by Crippen LogP contribution is -2.53. The number of para-hydroxylation sites is 1. The van der Waals surface area contributed by atoms with Crippen LogP contribution in [0.5, 0.6) is 0 Å². The van der Waals surface area contributed by atoms with E-state index < -0.39 is 60.0 Å². The van der Waals surface area contributed by atoms with Gasteiger partial charge in [-0.1, -0.05) is 32.0 Å². The maximum absolute atomic E-state index is 15.2. The summed E-state index contributed by atoms with van der Waals surface area (Å²) in [5, 5.41) is 13.3. The molecule has 14 heteroatoms. The highest BCUT2D eigenvalue weighted by atomic mass is 19.1. The van der Waals surface area contributed by atoms with Gasteiger partial charge >= 0.3 is 12.2 Å². The van der Waals surface area contributed by atoms with E-state index in [1.807, 2.05) is 28.8 Å². The molecule has 2 saturated heterocycles. The number of benzene rings is 2. The maximum Gasteiger partial charge on any atom is 0.408 e. The minimum Gasteiger partial charge on any atom is -0.465 e. The molecule has 0 aliphatic carbocycles. The number of nitrogens with zero attached hydrogens (tertiary/aromatic N) is 4. The van der Waals surface area contributed by atoms with Gasteiger partial charge in [0.2, 0.25) is 5.91 Å².